The number of nitrogens with zero attached hydrogens (tertiary/aromatic N) is 1. The second kappa shape index (κ2) is 5.43. The van der Waals surface area contributed by atoms with Crippen LogP contribution in [0.5, 0.6) is 5.75 Å². The van der Waals surface area contributed by atoms with Crippen LogP contribution in [0.1, 0.15) is 18.9 Å². The molecule has 78 valence electrons. The number of hydrogen-bond acceptors (Lipinski definition) is 2. The maximum atomic E-state index is 8.84. The highest BCUT2D eigenvalue weighted by molar-refractivity contribution is 6.30. The molecule has 3 heteroatoms. The molecule has 0 amide bonds. The number of hydrogen-bond donors (Lipinski definition) is 0. The van der Waals surface area contributed by atoms with Crippen LogP contribution >= 0.6 is 11.6 Å². The van der Waals surface area contributed by atoms with Gasteiger partial charge in [-0.3, -0.25) is 0 Å². The van der Waals surface area contributed by atoms with E-state index in [1.165, 1.54) is 0 Å². The van der Waals surface area contributed by atoms with Gasteiger partial charge in [-0.2, -0.15) is 5.26 Å². The molecule has 0 radical (unpaired) electrons. The van der Waals surface area contributed by atoms with Gasteiger partial charge < -0.3 is 4.74 Å². The van der Waals surface area contributed by atoms with Crippen molar-refractivity contribution in [3.63, 3.8) is 0 Å². The average molecular weight is 222 g/mol. The molecule has 0 atom stereocenters. The second-order valence-corrected chi connectivity index (χ2v) is 3.58. The van der Waals surface area contributed by atoms with Crippen LogP contribution in [0.25, 0.3) is 0 Å². The molecule has 0 aromatic heterocycles. The smallest absolute Gasteiger partial charge is 0.139 e. The van der Waals surface area contributed by atoms with Crippen LogP contribution in [0.2, 0.25) is 5.02 Å². The Morgan fingerprint density at radius 1 is 1.60 bits per heavy atom. The number of rotatable bonds is 4. The lowest BCUT2D eigenvalue weighted by Crippen LogP contribution is -2.00. The summed E-state index contributed by atoms with van der Waals surface area (Å²) in [7, 11) is 0. The van der Waals surface area contributed by atoms with E-state index in [0.29, 0.717) is 22.9 Å². The van der Waals surface area contributed by atoms with Crippen molar-refractivity contribution in [1.82, 2.24) is 0 Å². The quantitative estimate of drug-likeness (QED) is 0.729. The van der Waals surface area contributed by atoms with Crippen LogP contribution in [-0.4, -0.2) is 6.61 Å². The van der Waals surface area contributed by atoms with Crippen molar-refractivity contribution in [2.75, 3.05) is 6.61 Å². The van der Waals surface area contributed by atoms with E-state index in [1.807, 2.05) is 6.92 Å². The maximum absolute atomic E-state index is 8.84. The lowest BCUT2D eigenvalue weighted by atomic mass is 10.2. The molecule has 1 aromatic rings. The summed E-state index contributed by atoms with van der Waals surface area (Å²) < 4.78 is 5.46. The fraction of sp³-hybridized carbons (Fsp3) is 0.250. The summed E-state index contributed by atoms with van der Waals surface area (Å²) in [6, 6.07) is 7.01. The summed E-state index contributed by atoms with van der Waals surface area (Å²) in [4.78, 5) is 0. The van der Waals surface area contributed by atoms with Crippen LogP contribution in [0.15, 0.2) is 30.4 Å². The number of nitriles is 1. The Balaban J connectivity index is 2.80. The standard InChI is InChI=1S/C12H12ClNO/c1-3-9(2)8-15-12-6-11(13)5-4-10(12)7-14/h4-6H,2-3,8H2,1H3. The van der Waals surface area contributed by atoms with Gasteiger partial charge in [-0.15, -0.1) is 0 Å². The molecule has 0 aliphatic heterocycles. The zero-order valence-electron chi connectivity index (χ0n) is 8.59. The molecule has 0 aliphatic carbocycles. The third kappa shape index (κ3) is 3.30. The Bertz CT molecular complexity index is 407. The van der Waals surface area contributed by atoms with E-state index < -0.39 is 0 Å². The highest BCUT2D eigenvalue weighted by Gasteiger charge is 2.04. The van der Waals surface area contributed by atoms with E-state index >= 15 is 0 Å². The SMILES string of the molecule is C=C(CC)COc1cc(Cl)ccc1C#N. The summed E-state index contributed by atoms with van der Waals surface area (Å²) in [5.74, 6) is 0.514. The van der Waals surface area contributed by atoms with E-state index in [-0.39, 0.29) is 0 Å². The van der Waals surface area contributed by atoms with Gasteiger partial charge in [-0.1, -0.05) is 25.1 Å². The predicted octanol–water partition coefficient (Wildman–Crippen LogP) is 3.56. The average Bonchev–Trinajstić information content (AvgIpc) is 2.26. The van der Waals surface area contributed by atoms with Crippen molar-refractivity contribution in [3.8, 4) is 11.8 Å². The maximum Gasteiger partial charge on any atom is 0.139 e. The lowest BCUT2D eigenvalue weighted by Gasteiger charge is -2.08. The Morgan fingerprint density at radius 2 is 2.33 bits per heavy atom. The first-order chi connectivity index (χ1) is 7.17. The van der Waals surface area contributed by atoms with Crippen molar-refractivity contribution >= 4 is 11.6 Å². The van der Waals surface area contributed by atoms with Crippen molar-refractivity contribution in [3.05, 3.63) is 40.9 Å². The fourth-order valence-electron chi connectivity index (χ4n) is 0.990. The minimum absolute atomic E-state index is 0.422. The summed E-state index contributed by atoms with van der Waals surface area (Å²) >= 11 is 5.81. The molecule has 0 fully saturated rings. The van der Waals surface area contributed by atoms with Crippen molar-refractivity contribution in [2.24, 2.45) is 0 Å². The van der Waals surface area contributed by atoms with Gasteiger partial charge in [-0.25, -0.2) is 0 Å². The molecular weight excluding hydrogens is 210 g/mol. The molecule has 0 unspecified atom stereocenters. The molecule has 0 aliphatic rings. The largest absolute Gasteiger partial charge is 0.488 e. The van der Waals surface area contributed by atoms with Crippen LogP contribution in [0.3, 0.4) is 0 Å². The number of halogens is 1. The summed E-state index contributed by atoms with van der Waals surface area (Å²) in [6.07, 6.45) is 0.864. The molecule has 0 saturated heterocycles. The highest BCUT2D eigenvalue weighted by Crippen LogP contribution is 2.23. The Labute approximate surface area is 94.7 Å². The summed E-state index contributed by atoms with van der Waals surface area (Å²) in [6.45, 7) is 6.26. The first-order valence-corrected chi connectivity index (χ1v) is 5.04. The monoisotopic (exact) mass is 221 g/mol. The van der Waals surface area contributed by atoms with E-state index in [1.54, 1.807) is 18.2 Å². The van der Waals surface area contributed by atoms with Crippen LogP contribution in [0, 0.1) is 11.3 Å². The van der Waals surface area contributed by atoms with Gasteiger partial charge in [0.25, 0.3) is 0 Å². The van der Waals surface area contributed by atoms with Gasteiger partial charge in [0, 0.05) is 11.1 Å². The van der Waals surface area contributed by atoms with Crippen LogP contribution in [0.4, 0.5) is 0 Å². The summed E-state index contributed by atoms with van der Waals surface area (Å²) in [5.41, 5.74) is 1.47. The zero-order valence-corrected chi connectivity index (χ0v) is 9.34. The molecule has 0 bridgehead atoms. The molecule has 1 rings (SSSR count). The Kier molecular flexibility index (Phi) is 4.20. The van der Waals surface area contributed by atoms with Crippen LogP contribution < -0.4 is 4.74 Å². The predicted molar refractivity (Wildman–Crippen MR) is 61.1 cm³/mol. The first-order valence-electron chi connectivity index (χ1n) is 4.66. The zero-order chi connectivity index (χ0) is 11.3. The first kappa shape index (κ1) is 11.6. The van der Waals surface area contributed by atoms with Gasteiger partial charge >= 0.3 is 0 Å². The molecule has 0 saturated carbocycles. The van der Waals surface area contributed by atoms with Gasteiger partial charge in [0.2, 0.25) is 0 Å². The van der Waals surface area contributed by atoms with E-state index in [2.05, 4.69) is 12.6 Å². The van der Waals surface area contributed by atoms with Gasteiger partial charge in [0.05, 0.1) is 5.56 Å². The minimum atomic E-state index is 0.422. The molecular formula is C12H12ClNO. The normalized spacial score (nSPS) is 9.40. The van der Waals surface area contributed by atoms with Crippen LogP contribution in [-0.2, 0) is 0 Å². The molecule has 1 aromatic carbocycles. The number of benzene rings is 1. The molecule has 0 spiro atoms. The summed E-state index contributed by atoms with van der Waals surface area (Å²) in [5, 5.41) is 9.40. The lowest BCUT2D eigenvalue weighted by molar-refractivity contribution is 0.348. The molecule has 0 N–H and O–H groups in total. The molecule has 0 heterocycles. The van der Waals surface area contributed by atoms with Gasteiger partial charge in [0.1, 0.15) is 18.4 Å². The fourth-order valence-corrected chi connectivity index (χ4v) is 1.15. The second-order valence-electron chi connectivity index (χ2n) is 3.14. The van der Waals surface area contributed by atoms with Gasteiger partial charge in [-0.05, 0) is 24.1 Å². The van der Waals surface area contributed by atoms with E-state index in [0.717, 1.165) is 12.0 Å². The Morgan fingerprint density at radius 3 is 2.93 bits per heavy atom. The highest BCUT2D eigenvalue weighted by atomic mass is 35.5. The minimum Gasteiger partial charge on any atom is -0.488 e. The topological polar surface area (TPSA) is 33.0 Å². The third-order valence-corrected chi connectivity index (χ3v) is 2.23. The number of ether oxygens (including phenoxy) is 1. The van der Waals surface area contributed by atoms with Crippen molar-refractivity contribution in [2.45, 2.75) is 13.3 Å². The van der Waals surface area contributed by atoms with Crippen molar-refractivity contribution < 1.29 is 4.74 Å². The van der Waals surface area contributed by atoms with Gasteiger partial charge in [0.15, 0.2) is 0 Å². The molecule has 15 heavy (non-hydrogen) atoms. The van der Waals surface area contributed by atoms with Crippen molar-refractivity contribution in [1.29, 1.82) is 5.26 Å². The third-order valence-electron chi connectivity index (χ3n) is 2.00. The van der Waals surface area contributed by atoms with E-state index in [9.17, 15) is 0 Å². The Hall–Kier alpha value is -1.46. The van der Waals surface area contributed by atoms with E-state index in [4.69, 9.17) is 21.6 Å². The molecule has 2 nitrogen and oxygen atoms in total.